The molecule has 466 valence electrons. The van der Waals surface area contributed by atoms with E-state index in [2.05, 4.69) is 340 Å². The number of rotatable bonds is 7. The molecule has 16 aromatic rings. The summed E-state index contributed by atoms with van der Waals surface area (Å²) in [6.07, 6.45) is 0. The van der Waals surface area contributed by atoms with Crippen molar-refractivity contribution in [3.63, 3.8) is 0 Å². The Labute approximate surface area is 575 Å². The Hall–Kier alpha value is -8.04. The first kappa shape index (κ1) is 66.4. The fraction of sp³-hybridized carbons (Fsp3) is 0.172. The van der Waals surface area contributed by atoms with E-state index >= 15 is 0 Å². The molecule has 0 bridgehead atoms. The monoisotopic (exact) mass is 1320 g/mol. The van der Waals surface area contributed by atoms with Gasteiger partial charge in [-0.25, -0.2) is 0 Å². The van der Waals surface area contributed by atoms with Crippen LogP contribution in [0, 0.1) is 41.5 Å². The Morgan fingerprint density at radius 3 is 1.19 bits per heavy atom. The number of aryl methyl sites for hydroxylation is 6. The van der Waals surface area contributed by atoms with Crippen molar-refractivity contribution in [1.82, 2.24) is 0 Å². The molecule has 0 amide bonds. The first-order valence-electron chi connectivity index (χ1n) is 32.2. The lowest BCUT2D eigenvalue weighted by Gasteiger charge is -2.14. The Morgan fingerprint density at radius 2 is 0.645 bits per heavy atom. The summed E-state index contributed by atoms with van der Waals surface area (Å²) in [5.41, 5.74) is 23.4. The molecule has 0 radical (unpaired) electrons. The molecule has 6 aromatic heterocycles. The fourth-order valence-corrected chi connectivity index (χ4v) is 17.8. The van der Waals surface area contributed by atoms with Crippen LogP contribution in [0.2, 0.25) is 0 Å². The van der Waals surface area contributed by atoms with E-state index in [4.69, 9.17) is 0 Å². The predicted molar refractivity (Wildman–Crippen MR) is 423 cm³/mol. The van der Waals surface area contributed by atoms with Crippen LogP contribution in [0.1, 0.15) is 109 Å². The zero-order valence-electron chi connectivity index (χ0n) is 55.5. The van der Waals surface area contributed by atoms with E-state index in [0.29, 0.717) is 17.8 Å². The number of fused-ring (bicyclic) bond motifs is 6. The standard InChI is InChI=1S/C18H18S.3C15H12S.2C12H14S/c1-12(2)16-11-17(14-7-5-4-6-8-14)15-9-10-19-18(15)13(16)3;1-11-9-14(12-5-3-2-4-6-12)10-13-7-8-16-15(11)13;1-11-14(12-5-3-2-4-6-12)8-7-13-9-10-16-15(11)13;1-11-7-8-13(12-5-3-2-4-6-12)14-9-10-16-15(11)14;1-8(2)11-6-9(3)12-10(7-11)4-5-13-12;1-8(2)11-5-4-10-6-7-13-12(10)9(11)3/h4-12H,1-3H3;3*2-10H,1H3;2*4-8H,1-3H3. The summed E-state index contributed by atoms with van der Waals surface area (Å²) in [5, 5.41) is 21.3. The SMILES string of the molecule is Cc1c(-c2ccccc2)ccc2ccsc12.Cc1c(C(C)C)cc(-c2ccccc2)c2ccsc12.Cc1c(C(C)C)ccc2ccsc12.Cc1cc(-c2ccccc2)cc2ccsc12.Cc1cc(C(C)C)cc2ccsc12.Cc1ccc(-c2ccccc2)c2ccsc12. The second-order valence-electron chi connectivity index (χ2n) is 24.8. The largest absolute Gasteiger partial charge is 0.144 e. The summed E-state index contributed by atoms with van der Waals surface area (Å²) in [4.78, 5) is 0. The number of thiophene rings is 6. The smallest absolute Gasteiger partial charge is 0.0380 e. The average Bonchev–Trinajstić information content (AvgIpc) is 1.76. The second-order valence-corrected chi connectivity index (χ2v) is 30.3. The third kappa shape index (κ3) is 15.5. The zero-order valence-corrected chi connectivity index (χ0v) is 60.4. The van der Waals surface area contributed by atoms with Crippen molar-refractivity contribution in [1.29, 1.82) is 0 Å². The van der Waals surface area contributed by atoms with Crippen LogP contribution in [0.25, 0.3) is 105 Å². The minimum atomic E-state index is 0.564. The van der Waals surface area contributed by atoms with Crippen molar-refractivity contribution in [2.24, 2.45) is 0 Å². The van der Waals surface area contributed by atoms with E-state index in [1.54, 1.807) is 0 Å². The van der Waals surface area contributed by atoms with Gasteiger partial charge in [-0.3, -0.25) is 0 Å². The van der Waals surface area contributed by atoms with Crippen LogP contribution in [0.4, 0.5) is 0 Å². The van der Waals surface area contributed by atoms with Gasteiger partial charge in [-0.1, -0.05) is 211 Å². The second kappa shape index (κ2) is 30.8. The van der Waals surface area contributed by atoms with Crippen LogP contribution >= 0.6 is 68.0 Å². The molecular weight excluding hydrogens is 1240 g/mol. The molecule has 0 unspecified atom stereocenters. The summed E-state index contributed by atoms with van der Waals surface area (Å²) < 4.78 is 8.53. The molecule has 0 aliphatic heterocycles. The number of benzene rings is 10. The molecule has 0 saturated carbocycles. The molecule has 0 aliphatic carbocycles. The highest BCUT2D eigenvalue weighted by atomic mass is 32.1. The Morgan fingerprint density at radius 1 is 0.237 bits per heavy atom. The normalized spacial score (nSPS) is 11.1. The summed E-state index contributed by atoms with van der Waals surface area (Å²) in [5.74, 6) is 1.82. The molecule has 0 fully saturated rings. The molecule has 0 saturated heterocycles. The average molecular weight is 1320 g/mol. The van der Waals surface area contributed by atoms with E-state index in [-0.39, 0.29) is 0 Å². The predicted octanol–water partition coefficient (Wildman–Crippen LogP) is 29.3. The molecule has 6 heterocycles. The molecule has 0 atom stereocenters. The maximum Gasteiger partial charge on any atom is 0.0380 e. The first-order chi connectivity index (χ1) is 45.1. The highest BCUT2D eigenvalue weighted by Crippen LogP contribution is 2.40. The maximum atomic E-state index is 2.38. The van der Waals surface area contributed by atoms with E-state index in [0.717, 1.165) is 0 Å². The first-order valence-corrected chi connectivity index (χ1v) is 37.5. The highest BCUT2D eigenvalue weighted by Gasteiger charge is 2.15. The molecule has 0 nitrogen and oxygen atoms in total. The molecule has 16 rings (SSSR count). The zero-order chi connectivity index (χ0) is 65.1. The molecule has 0 spiro atoms. The van der Waals surface area contributed by atoms with Crippen molar-refractivity contribution in [2.45, 2.75) is 101 Å². The van der Waals surface area contributed by atoms with Gasteiger partial charge in [-0.2, -0.15) is 0 Å². The van der Waals surface area contributed by atoms with Crippen LogP contribution in [0.5, 0.6) is 0 Å². The van der Waals surface area contributed by atoms with Crippen molar-refractivity contribution < 1.29 is 0 Å². The van der Waals surface area contributed by atoms with Gasteiger partial charge < -0.3 is 0 Å². The summed E-state index contributed by atoms with van der Waals surface area (Å²) in [7, 11) is 0. The topological polar surface area (TPSA) is 0 Å². The van der Waals surface area contributed by atoms with Gasteiger partial charge in [0.1, 0.15) is 0 Å². The third-order valence-corrected chi connectivity index (χ3v) is 23.7. The molecular formula is C87H82S6. The van der Waals surface area contributed by atoms with Crippen LogP contribution in [-0.4, -0.2) is 0 Å². The van der Waals surface area contributed by atoms with Crippen LogP contribution < -0.4 is 0 Å². The van der Waals surface area contributed by atoms with Gasteiger partial charge in [0, 0.05) is 39.0 Å². The number of hydrogen-bond donors (Lipinski definition) is 0. The van der Waals surface area contributed by atoms with Crippen molar-refractivity contribution in [3.8, 4) is 44.5 Å². The van der Waals surface area contributed by atoms with E-state index in [1.165, 1.54) is 155 Å². The van der Waals surface area contributed by atoms with Gasteiger partial charge >= 0.3 is 0 Å². The minimum absolute atomic E-state index is 0.564. The van der Waals surface area contributed by atoms with Crippen LogP contribution in [0.3, 0.4) is 0 Å². The maximum absolute atomic E-state index is 2.38. The van der Waals surface area contributed by atoms with Gasteiger partial charge in [-0.15, -0.1) is 68.0 Å². The van der Waals surface area contributed by atoms with Crippen molar-refractivity contribution >= 4 is 129 Å². The summed E-state index contributed by atoms with van der Waals surface area (Å²) in [6.45, 7) is 26.8. The van der Waals surface area contributed by atoms with Gasteiger partial charge in [-0.05, 0) is 262 Å². The molecule has 6 heteroatoms. The van der Waals surface area contributed by atoms with E-state index in [9.17, 15) is 0 Å². The lowest BCUT2D eigenvalue weighted by Crippen LogP contribution is -1.94. The molecule has 0 aliphatic rings. The van der Waals surface area contributed by atoms with E-state index in [1.807, 2.05) is 68.0 Å². The van der Waals surface area contributed by atoms with Crippen molar-refractivity contribution in [3.05, 3.63) is 307 Å². The summed E-state index contributed by atoms with van der Waals surface area (Å²) in [6, 6.07) is 80.5. The van der Waals surface area contributed by atoms with Gasteiger partial charge in [0.25, 0.3) is 0 Å². The van der Waals surface area contributed by atoms with Gasteiger partial charge in [0.05, 0.1) is 0 Å². The lowest BCUT2D eigenvalue weighted by atomic mass is 9.91. The van der Waals surface area contributed by atoms with Gasteiger partial charge in [0.2, 0.25) is 0 Å². The quantitative estimate of drug-likeness (QED) is 0.149. The Kier molecular flexibility index (Phi) is 22.0. The fourth-order valence-electron chi connectivity index (χ4n) is 12.4. The summed E-state index contributed by atoms with van der Waals surface area (Å²) >= 11 is 11.0. The third-order valence-electron chi connectivity index (χ3n) is 17.4. The number of hydrogen-bond acceptors (Lipinski definition) is 6. The van der Waals surface area contributed by atoms with Crippen molar-refractivity contribution in [2.75, 3.05) is 0 Å². The Bertz CT molecular complexity index is 5060. The van der Waals surface area contributed by atoms with E-state index < -0.39 is 0 Å². The van der Waals surface area contributed by atoms with Crippen LogP contribution in [-0.2, 0) is 0 Å². The highest BCUT2D eigenvalue weighted by molar-refractivity contribution is 7.19. The molecule has 0 N–H and O–H groups in total. The van der Waals surface area contributed by atoms with Crippen LogP contribution in [0.15, 0.2) is 257 Å². The molecule has 10 aromatic carbocycles. The molecule has 93 heavy (non-hydrogen) atoms. The Balaban J connectivity index is 0.000000115. The van der Waals surface area contributed by atoms with Gasteiger partial charge in [0.15, 0.2) is 0 Å². The minimum Gasteiger partial charge on any atom is -0.144 e. The lowest BCUT2D eigenvalue weighted by molar-refractivity contribution is 0.860.